The molecular formula is C14H14N2O2. The van der Waals surface area contributed by atoms with Crippen LogP contribution in [0, 0.1) is 6.92 Å². The van der Waals surface area contributed by atoms with Crippen molar-refractivity contribution in [3.63, 3.8) is 0 Å². The Balaban J connectivity index is 2.29. The first-order chi connectivity index (χ1) is 8.58. The smallest absolute Gasteiger partial charge is 0.259 e. The Bertz CT molecular complexity index is 582. The summed E-state index contributed by atoms with van der Waals surface area (Å²) in [5, 5.41) is 9.33. The average Bonchev–Trinajstić information content (AvgIpc) is 2.37. The van der Waals surface area contributed by atoms with Crippen molar-refractivity contribution in [1.82, 2.24) is 4.98 Å². The molecule has 1 aromatic heterocycles. The Morgan fingerprint density at radius 1 is 1.28 bits per heavy atom. The molecule has 1 N–H and O–H groups in total. The molecule has 18 heavy (non-hydrogen) atoms. The largest absolute Gasteiger partial charge is 0.506 e. The minimum absolute atomic E-state index is 0.0153. The number of rotatable bonds is 2. The molecule has 4 nitrogen and oxygen atoms in total. The maximum absolute atomic E-state index is 12.2. The van der Waals surface area contributed by atoms with E-state index < -0.39 is 0 Å². The number of aromatic nitrogens is 1. The molecule has 0 atom stereocenters. The van der Waals surface area contributed by atoms with Crippen molar-refractivity contribution in [3.8, 4) is 5.75 Å². The van der Waals surface area contributed by atoms with Crippen LogP contribution in [-0.2, 0) is 0 Å². The Morgan fingerprint density at radius 3 is 2.72 bits per heavy atom. The summed E-state index contributed by atoms with van der Waals surface area (Å²) in [6, 6.07) is 9.06. The zero-order valence-electron chi connectivity index (χ0n) is 10.3. The molecule has 0 bridgehead atoms. The van der Waals surface area contributed by atoms with Gasteiger partial charge in [-0.15, -0.1) is 0 Å². The minimum Gasteiger partial charge on any atom is -0.506 e. The van der Waals surface area contributed by atoms with E-state index in [1.54, 1.807) is 7.05 Å². The van der Waals surface area contributed by atoms with Crippen molar-refractivity contribution in [2.45, 2.75) is 6.92 Å². The van der Waals surface area contributed by atoms with Crippen LogP contribution in [-0.4, -0.2) is 23.0 Å². The van der Waals surface area contributed by atoms with Crippen molar-refractivity contribution in [3.05, 3.63) is 53.9 Å². The standard InChI is InChI=1S/C14H14N2O2/c1-10-4-3-5-12(6-10)16(2)14(18)11-7-13(17)9-15-8-11/h3-9,17H,1-2H3. The monoisotopic (exact) mass is 242 g/mol. The van der Waals surface area contributed by atoms with E-state index in [9.17, 15) is 9.90 Å². The number of anilines is 1. The second-order valence-corrected chi connectivity index (χ2v) is 4.13. The van der Waals surface area contributed by atoms with Gasteiger partial charge in [0, 0.05) is 18.9 Å². The zero-order valence-corrected chi connectivity index (χ0v) is 10.3. The van der Waals surface area contributed by atoms with E-state index in [0.717, 1.165) is 11.3 Å². The Kier molecular flexibility index (Phi) is 3.28. The summed E-state index contributed by atoms with van der Waals surface area (Å²) in [5.41, 5.74) is 2.25. The van der Waals surface area contributed by atoms with Crippen LogP contribution >= 0.6 is 0 Å². The number of pyridine rings is 1. The van der Waals surface area contributed by atoms with Crippen molar-refractivity contribution < 1.29 is 9.90 Å². The van der Waals surface area contributed by atoms with Crippen molar-refractivity contribution >= 4 is 11.6 Å². The lowest BCUT2D eigenvalue weighted by atomic mass is 10.2. The molecule has 2 rings (SSSR count). The fourth-order valence-corrected chi connectivity index (χ4v) is 1.69. The van der Waals surface area contributed by atoms with Gasteiger partial charge < -0.3 is 10.0 Å². The van der Waals surface area contributed by atoms with Gasteiger partial charge in [0.2, 0.25) is 0 Å². The van der Waals surface area contributed by atoms with Gasteiger partial charge in [-0.2, -0.15) is 0 Å². The highest BCUT2D eigenvalue weighted by molar-refractivity contribution is 6.05. The SMILES string of the molecule is Cc1cccc(N(C)C(=O)c2cncc(O)c2)c1. The van der Waals surface area contributed by atoms with Crippen LogP contribution < -0.4 is 4.90 Å². The van der Waals surface area contributed by atoms with Crippen LogP contribution in [0.5, 0.6) is 5.75 Å². The summed E-state index contributed by atoms with van der Waals surface area (Å²) < 4.78 is 0. The van der Waals surface area contributed by atoms with E-state index in [1.165, 1.54) is 23.4 Å². The number of hydrogen-bond donors (Lipinski definition) is 1. The molecule has 4 heteroatoms. The molecule has 0 unspecified atom stereocenters. The van der Waals surface area contributed by atoms with Gasteiger partial charge in [-0.1, -0.05) is 12.1 Å². The average molecular weight is 242 g/mol. The molecule has 0 aliphatic rings. The van der Waals surface area contributed by atoms with E-state index in [1.807, 2.05) is 31.2 Å². The highest BCUT2D eigenvalue weighted by atomic mass is 16.3. The maximum atomic E-state index is 12.2. The molecule has 0 radical (unpaired) electrons. The molecule has 2 aromatic rings. The summed E-state index contributed by atoms with van der Waals surface area (Å²) in [5.74, 6) is -0.220. The summed E-state index contributed by atoms with van der Waals surface area (Å²) in [7, 11) is 1.70. The normalized spacial score (nSPS) is 10.1. The molecule has 0 spiro atoms. The summed E-state index contributed by atoms with van der Waals surface area (Å²) in [6.07, 6.45) is 2.73. The fourth-order valence-electron chi connectivity index (χ4n) is 1.69. The molecule has 0 aliphatic carbocycles. The van der Waals surface area contributed by atoms with Crippen LogP contribution in [0.3, 0.4) is 0 Å². The second-order valence-electron chi connectivity index (χ2n) is 4.13. The fraction of sp³-hybridized carbons (Fsp3) is 0.143. The molecule has 0 aliphatic heterocycles. The molecule has 1 heterocycles. The van der Waals surface area contributed by atoms with Crippen molar-refractivity contribution in [2.75, 3.05) is 11.9 Å². The van der Waals surface area contributed by atoms with E-state index in [4.69, 9.17) is 0 Å². The summed E-state index contributed by atoms with van der Waals surface area (Å²) in [6.45, 7) is 1.97. The van der Waals surface area contributed by atoms with Gasteiger partial charge in [-0.3, -0.25) is 9.78 Å². The number of benzene rings is 1. The highest BCUT2D eigenvalue weighted by Crippen LogP contribution is 2.18. The third kappa shape index (κ3) is 2.48. The quantitative estimate of drug-likeness (QED) is 0.879. The topological polar surface area (TPSA) is 53.4 Å². The number of aryl methyl sites for hydroxylation is 1. The van der Waals surface area contributed by atoms with E-state index in [-0.39, 0.29) is 11.7 Å². The van der Waals surface area contributed by atoms with Crippen LogP contribution in [0.2, 0.25) is 0 Å². The van der Waals surface area contributed by atoms with Gasteiger partial charge in [-0.05, 0) is 30.7 Å². The molecule has 1 aromatic carbocycles. The predicted octanol–water partition coefficient (Wildman–Crippen LogP) is 2.37. The molecule has 0 saturated carbocycles. The first kappa shape index (κ1) is 12.1. The Labute approximate surface area is 106 Å². The van der Waals surface area contributed by atoms with Crippen LogP contribution in [0.1, 0.15) is 15.9 Å². The maximum Gasteiger partial charge on any atom is 0.259 e. The summed E-state index contributed by atoms with van der Waals surface area (Å²) in [4.78, 5) is 17.5. The van der Waals surface area contributed by atoms with Crippen LogP contribution in [0.25, 0.3) is 0 Å². The van der Waals surface area contributed by atoms with Gasteiger partial charge in [0.05, 0.1) is 11.8 Å². The second kappa shape index (κ2) is 4.87. The third-order valence-corrected chi connectivity index (χ3v) is 2.66. The van der Waals surface area contributed by atoms with Gasteiger partial charge >= 0.3 is 0 Å². The summed E-state index contributed by atoms with van der Waals surface area (Å²) >= 11 is 0. The van der Waals surface area contributed by atoms with Crippen molar-refractivity contribution in [2.24, 2.45) is 0 Å². The van der Waals surface area contributed by atoms with E-state index >= 15 is 0 Å². The number of amides is 1. The third-order valence-electron chi connectivity index (χ3n) is 2.66. The molecule has 92 valence electrons. The number of hydrogen-bond acceptors (Lipinski definition) is 3. The lowest BCUT2D eigenvalue weighted by Gasteiger charge is -2.17. The van der Waals surface area contributed by atoms with Gasteiger partial charge in [0.1, 0.15) is 5.75 Å². The van der Waals surface area contributed by atoms with Gasteiger partial charge in [0.25, 0.3) is 5.91 Å². The van der Waals surface area contributed by atoms with Crippen LogP contribution in [0.15, 0.2) is 42.7 Å². The lowest BCUT2D eigenvalue weighted by molar-refractivity contribution is 0.0992. The molecule has 1 amide bonds. The Hall–Kier alpha value is -2.36. The zero-order chi connectivity index (χ0) is 13.1. The lowest BCUT2D eigenvalue weighted by Crippen LogP contribution is -2.26. The highest BCUT2D eigenvalue weighted by Gasteiger charge is 2.14. The van der Waals surface area contributed by atoms with Gasteiger partial charge in [0.15, 0.2) is 0 Å². The first-order valence-corrected chi connectivity index (χ1v) is 5.56. The number of aromatic hydroxyl groups is 1. The minimum atomic E-state index is -0.205. The van der Waals surface area contributed by atoms with Crippen LogP contribution in [0.4, 0.5) is 5.69 Å². The Morgan fingerprint density at radius 2 is 2.06 bits per heavy atom. The molecule has 0 saturated heterocycles. The molecular weight excluding hydrogens is 228 g/mol. The first-order valence-electron chi connectivity index (χ1n) is 5.56. The molecule has 0 fully saturated rings. The number of carbonyl (C=O) groups is 1. The number of carbonyl (C=O) groups excluding carboxylic acids is 1. The predicted molar refractivity (Wildman–Crippen MR) is 69.8 cm³/mol. The number of nitrogens with zero attached hydrogens (tertiary/aromatic N) is 2. The van der Waals surface area contributed by atoms with Gasteiger partial charge in [-0.25, -0.2) is 0 Å². The van der Waals surface area contributed by atoms with E-state index in [0.29, 0.717) is 5.56 Å². The van der Waals surface area contributed by atoms with Crippen molar-refractivity contribution in [1.29, 1.82) is 0 Å². The van der Waals surface area contributed by atoms with E-state index in [2.05, 4.69) is 4.98 Å².